The van der Waals surface area contributed by atoms with Crippen LogP contribution in [0.15, 0.2) is 113 Å². The summed E-state index contributed by atoms with van der Waals surface area (Å²) in [7, 11) is 0. The lowest BCUT2D eigenvalue weighted by Gasteiger charge is -2.08. The van der Waals surface area contributed by atoms with Crippen LogP contribution in [-0.4, -0.2) is 24.7 Å². The van der Waals surface area contributed by atoms with Crippen molar-refractivity contribution in [2.75, 3.05) is 6.61 Å². The molecular formula is C28H21BrN2O4. The van der Waals surface area contributed by atoms with E-state index in [-0.39, 0.29) is 6.61 Å². The van der Waals surface area contributed by atoms with E-state index in [1.165, 1.54) is 6.21 Å². The summed E-state index contributed by atoms with van der Waals surface area (Å²) in [5.41, 5.74) is 5.53. The Morgan fingerprint density at radius 2 is 1.49 bits per heavy atom. The number of hydrogen-bond donors (Lipinski definition) is 1. The lowest BCUT2D eigenvalue weighted by atomic mass is 10.1. The van der Waals surface area contributed by atoms with Crippen molar-refractivity contribution in [2.45, 2.75) is 0 Å². The number of amides is 1. The monoisotopic (exact) mass is 528 g/mol. The number of carbonyl (C=O) groups is 2. The van der Waals surface area contributed by atoms with Crippen LogP contribution in [0.4, 0.5) is 0 Å². The highest BCUT2D eigenvalue weighted by molar-refractivity contribution is 9.10. The molecule has 1 N–H and O–H groups in total. The molecule has 0 aliphatic rings. The normalized spacial score (nSPS) is 10.7. The quantitative estimate of drug-likeness (QED) is 0.134. The fourth-order valence-electron chi connectivity index (χ4n) is 3.18. The average molecular weight is 529 g/mol. The summed E-state index contributed by atoms with van der Waals surface area (Å²) in [6, 6.07) is 31.3. The fourth-order valence-corrected chi connectivity index (χ4v) is 3.55. The third-order valence-corrected chi connectivity index (χ3v) is 5.40. The van der Waals surface area contributed by atoms with Crippen LogP contribution in [0.5, 0.6) is 11.5 Å². The molecule has 0 aliphatic heterocycles. The molecule has 0 bridgehead atoms. The Balaban J connectivity index is 1.32. The standard InChI is InChI=1S/C28H21BrN2O4/c29-24-13-16-26(35-28(33)22-9-5-2-6-10-22)23(17-24)18-30-31-27(32)19-34-25-14-11-21(12-15-25)20-7-3-1-4-8-20/h1-18H,19H2,(H,31,32)/b30-18+. The molecule has 6 nitrogen and oxygen atoms in total. The number of hydrazone groups is 1. The number of hydrogen-bond acceptors (Lipinski definition) is 5. The molecule has 0 fully saturated rings. The van der Waals surface area contributed by atoms with E-state index in [1.54, 1.807) is 42.5 Å². The van der Waals surface area contributed by atoms with Crippen molar-refractivity contribution in [2.24, 2.45) is 5.10 Å². The van der Waals surface area contributed by atoms with Crippen LogP contribution in [0.25, 0.3) is 11.1 Å². The maximum atomic E-state index is 12.4. The maximum absolute atomic E-state index is 12.4. The highest BCUT2D eigenvalue weighted by atomic mass is 79.9. The Bertz CT molecular complexity index is 1320. The molecule has 0 saturated carbocycles. The van der Waals surface area contributed by atoms with Crippen LogP contribution in [-0.2, 0) is 4.79 Å². The number of ether oxygens (including phenoxy) is 2. The minimum Gasteiger partial charge on any atom is -0.484 e. The van der Waals surface area contributed by atoms with Gasteiger partial charge in [0.25, 0.3) is 5.91 Å². The molecule has 1 amide bonds. The summed E-state index contributed by atoms with van der Waals surface area (Å²) in [6.07, 6.45) is 1.41. The van der Waals surface area contributed by atoms with Crippen molar-refractivity contribution in [1.29, 1.82) is 0 Å². The predicted molar refractivity (Wildman–Crippen MR) is 139 cm³/mol. The van der Waals surface area contributed by atoms with E-state index in [9.17, 15) is 9.59 Å². The molecule has 4 aromatic carbocycles. The second kappa shape index (κ2) is 11.8. The first kappa shape index (κ1) is 23.9. The van der Waals surface area contributed by atoms with Crippen LogP contribution in [0.3, 0.4) is 0 Å². The fraction of sp³-hybridized carbons (Fsp3) is 0.0357. The lowest BCUT2D eigenvalue weighted by molar-refractivity contribution is -0.123. The van der Waals surface area contributed by atoms with Gasteiger partial charge in [-0.15, -0.1) is 0 Å². The van der Waals surface area contributed by atoms with E-state index in [0.29, 0.717) is 22.6 Å². The molecule has 0 unspecified atom stereocenters. The zero-order chi connectivity index (χ0) is 24.5. The Hall–Kier alpha value is -4.23. The third-order valence-electron chi connectivity index (χ3n) is 4.91. The van der Waals surface area contributed by atoms with Gasteiger partial charge in [0.15, 0.2) is 6.61 Å². The van der Waals surface area contributed by atoms with Gasteiger partial charge >= 0.3 is 5.97 Å². The Morgan fingerprint density at radius 3 is 2.20 bits per heavy atom. The predicted octanol–water partition coefficient (Wildman–Crippen LogP) is 5.86. The van der Waals surface area contributed by atoms with Crippen molar-refractivity contribution in [1.82, 2.24) is 5.43 Å². The maximum Gasteiger partial charge on any atom is 0.343 e. The average Bonchev–Trinajstić information content (AvgIpc) is 2.90. The number of esters is 1. The van der Waals surface area contributed by atoms with Crippen molar-refractivity contribution < 1.29 is 19.1 Å². The van der Waals surface area contributed by atoms with E-state index >= 15 is 0 Å². The van der Waals surface area contributed by atoms with Crippen LogP contribution >= 0.6 is 15.9 Å². The molecule has 7 heteroatoms. The smallest absolute Gasteiger partial charge is 0.343 e. The van der Waals surface area contributed by atoms with Gasteiger partial charge in [0, 0.05) is 10.0 Å². The van der Waals surface area contributed by atoms with Crippen LogP contribution in [0.1, 0.15) is 15.9 Å². The van der Waals surface area contributed by atoms with Gasteiger partial charge < -0.3 is 9.47 Å². The number of benzene rings is 4. The minimum absolute atomic E-state index is 0.198. The lowest BCUT2D eigenvalue weighted by Crippen LogP contribution is -2.24. The number of carbonyl (C=O) groups excluding carboxylic acids is 2. The summed E-state index contributed by atoms with van der Waals surface area (Å²) < 4.78 is 11.8. The largest absolute Gasteiger partial charge is 0.484 e. The Kier molecular flexibility index (Phi) is 8.04. The zero-order valence-electron chi connectivity index (χ0n) is 18.6. The van der Waals surface area contributed by atoms with E-state index in [2.05, 4.69) is 26.5 Å². The Morgan fingerprint density at radius 1 is 0.829 bits per heavy atom. The Labute approximate surface area is 211 Å². The third kappa shape index (κ3) is 6.88. The molecule has 0 aromatic heterocycles. The zero-order valence-corrected chi connectivity index (χ0v) is 20.1. The highest BCUT2D eigenvalue weighted by Gasteiger charge is 2.11. The van der Waals surface area contributed by atoms with Crippen molar-refractivity contribution in [3.05, 3.63) is 119 Å². The first-order chi connectivity index (χ1) is 17.1. The van der Waals surface area contributed by atoms with Crippen LogP contribution in [0.2, 0.25) is 0 Å². The molecule has 0 saturated heterocycles. The summed E-state index contributed by atoms with van der Waals surface area (Å²) in [4.78, 5) is 24.6. The van der Waals surface area contributed by atoms with Gasteiger partial charge in [-0.25, -0.2) is 10.2 Å². The second-order valence-corrected chi connectivity index (χ2v) is 8.33. The summed E-state index contributed by atoms with van der Waals surface area (Å²) >= 11 is 3.39. The second-order valence-electron chi connectivity index (χ2n) is 7.41. The summed E-state index contributed by atoms with van der Waals surface area (Å²) in [5.74, 6) is -0.0229. The van der Waals surface area contributed by atoms with E-state index in [0.717, 1.165) is 15.6 Å². The first-order valence-corrected chi connectivity index (χ1v) is 11.5. The highest BCUT2D eigenvalue weighted by Crippen LogP contribution is 2.23. The first-order valence-electron chi connectivity index (χ1n) is 10.8. The molecule has 174 valence electrons. The minimum atomic E-state index is -0.488. The number of rotatable bonds is 8. The SMILES string of the molecule is O=C(COc1ccc(-c2ccccc2)cc1)N/N=C/c1cc(Br)ccc1OC(=O)c1ccccc1. The van der Waals surface area contributed by atoms with Crippen LogP contribution in [0, 0.1) is 0 Å². The molecule has 0 aliphatic carbocycles. The van der Waals surface area contributed by atoms with Gasteiger partial charge in [0.2, 0.25) is 0 Å². The number of halogens is 1. The van der Waals surface area contributed by atoms with E-state index in [4.69, 9.17) is 9.47 Å². The van der Waals surface area contributed by atoms with Crippen LogP contribution < -0.4 is 14.9 Å². The molecule has 35 heavy (non-hydrogen) atoms. The van der Waals surface area contributed by atoms with Gasteiger partial charge in [0.1, 0.15) is 11.5 Å². The van der Waals surface area contributed by atoms with Crippen molar-refractivity contribution in [3.63, 3.8) is 0 Å². The van der Waals surface area contributed by atoms with Gasteiger partial charge in [-0.1, -0.05) is 76.6 Å². The van der Waals surface area contributed by atoms with E-state index in [1.807, 2.05) is 60.7 Å². The van der Waals surface area contributed by atoms with E-state index < -0.39 is 11.9 Å². The topological polar surface area (TPSA) is 77.0 Å². The number of nitrogens with zero attached hydrogens (tertiary/aromatic N) is 1. The van der Waals surface area contributed by atoms with Crippen molar-refractivity contribution in [3.8, 4) is 22.6 Å². The van der Waals surface area contributed by atoms with Crippen molar-refractivity contribution >= 4 is 34.0 Å². The molecule has 0 radical (unpaired) electrons. The molecule has 0 atom stereocenters. The van der Waals surface area contributed by atoms with Gasteiger partial charge in [-0.2, -0.15) is 5.10 Å². The van der Waals surface area contributed by atoms with Gasteiger partial charge in [-0.3, -0.25) is 4.79 Å². The molecular weight excluding hydrogens is 508 g/mol. The summed E-state index contributed by atoms with van der Waals surface area (Å²) in [6.45, 7) is -0.198. The molecule has 4 aromatic rings. The number of nitrogens with one attached hydrogen (secondary N) is 1. The van der Waals surface area contributed by atoms with Gasteiger partial charge in [0.05, 0.1) is 11.8 Å². The molecule has 4 rings (SSSR count). The summed E-state index contributed by atoms with van der Waals surface area (Å²) in [5, 5.41) is 3.97. The van der Waals surface area contributed by atoms with Gasteiger partial charge in [-0.05, 0) is 53.6 Å². The molecule has 0 heterocycles. The molecule has 0 spiro atoms.